The molecule has 0 aliphatic carbocycles. The number of ether oxygens (including phenoxy) is 2. The number of nitrogens with zero attached hydrogens (tertiary/aromatic N) is 1. The number of carbonyl (C=O) groups excluding carboxylic acids is 1. The first-order valence-corrected chi connectivity index (χ1v) is 11.6. The lowest BCUT2D eigenvalue weighted by molar-refractivity contribution is -0.0946. The fraction of sp³-hybridized carbons (Fsp3) is 0.409. The maximum Gasteiger partial charge on any atom is 0.253 e. The Morgan fingerprint density at radius 3 is 2.41 bits per heavy atom. The molecule has 0 bridgehead atoms. The van der Waals surface area contributed by atoms with Gasteiger partial charge >= 0.3 is 0 Å². The first kappa shape index (κ1) is 19.9. The normalized spacial score (nSPS) is 18.3. The Bertz CT molecular complexity index is 1010. The van der Waals surface area contributed by atoms with Crippen LogP contribution < -0.4 is 4.74 Å². The predicted octanol–water partition coefficient (Wildman–Crippen LogP) is 2.80. The minimum Gasteiger partial charge on any atom is -0.496 e. The zero-order valence-corrected chi connectivity index (χ0v) is 17.5. The highest BCUT2D eigenvalue weighted by molar-refractivity contribution is 7.90. The van der Waals surface area contributed by atoms with Gasteiger partial charge in [0.2, 0.25) is 0 Å². The van der Waals surface area contributed by atoms with Crippen LogP contribution in [0.5, 0.6) is 5.75 Å². The van der Waals surface area contributed by atoms with Crippen molar-refractivity contribution in [1.82, 2.24) is 4.90 Å². The molecule has 2 aromatic carbocycles. The molecule has 1 saturated heterocycles. The highest BCUT2D eigenvalue weighted by Gasteiger charge is 2.43. The number of rotatable bonds is 3. The SMILES string of the molecule is COc1cccc2c1C1(CCN(C(=O)c3ccc(S(C)(=O)=O)cc3)CC1)OCC2. The Kier molecular flexibility index (Phi) is 5.12. The van der Waals surface area contributed by atoms with Gasteiger partial charge in [-0.25, -0.2) is 8.42 Å². The summed E-state index contributed by atoms with van der Waals surface area (Å²) in [5.74, 6) is 0.759. The molecule has 4 rings (SSSR count). The lowest BCUT2D eigenvalue weighted by Crippen LogP contribution is -2.48. The van der Waals surface area contributed by atoms with E-state index in [9.17, 15) is 13.2 Å². The van der Waals surface area contributed by atoms with E-state index in [2.05, 4.69) is 6.07 Å². The summed E-state index contributed by atoms with van der Waals surface area (Å²) in [6.45, 7) is 1.81. The van der Waals surface area contributed by atoms with Crippen molar-refractivity contribution in [2.75, 3.05) is 33.1 Å². The molecule has 0 atom stereocenters. The molecule has 2 aliphatic rings. The second kappa shape index (κ2) is 7.46. The van der Waals surface area contributed by atoms with Crippen LogP contribution in [0.15, 0.2) is 47.4 Å². The Morgan fingerprint density at radius 1 is 1.10 bits per heavy atom. The van der Waals surface area contributed by atoms with E-state index >= 15 is 0 Å². The van der Waals surface area contributed by atoms with Crippen LogP contribution in [0.2, 0.25) is 0 Å². The summed E-state index contributed by atoms with van der Waals surface area (Å²) in [5, 5.41) is 0. The van der Waals surface area contributed by atoms with Crippen LogP contribution in [-0.2, 0) is 26.6 Å². The highest BCUT2D eigenvalue weighted by atomic mass is 32.2. The molecule has 0 unspecified atom stereocenters. The maximum atomic E-state index is 12.9. The lowest BCUT2D eigenvalue weighted by Gasteiger charge is -2.45. The summed E-state index contributed by atoms with van der Waals surface area (Å²) in [6.07, 6.45) is 3.43. The van der Waals surface area contributed by atoms with Gasteiger partial charge in [0, 0.05) is 30.5 Å². The van der Waals surface area contributed by atoms with Crippen molar-refractivity contribution in [2.45, 2.75) is 29.8 Å². The number of carbonyl (C=O) groups is 1. The summed E-state index contributed by atoms with van der Waals surface area (Å²) in [7, 11) is -1.60. The average molecular weight is 416 g/mol. The van der Waals surface area contributed by atoms with Gasteiger partial charge in [0.25, 0.3) is 5.91 Å². The van der Waals surface area contributed by atoms with E-state index in [-0.39, 0.29) is 10.8 Å². The minimum atomic E-state index is -3.28. The minimum absolute atomic E-state index is 0.0871. The van der Waals surface area contributed by atoms with Crippen molar-refractivity contribution in [3.05, 3.63) is 59.2 Å². The van der Waals surface area contributed by atoms with Crippen molar-refractivity contribution >= 4 is 15.7 Å². The number of hydrogen-bond acceptors (Lipinski definition) is 5. The summed E-state index contributed by atoms with van der Waals surface area (Å²) in [5.41, 5.74) is 2.46. The van der Waals surface area contributed by atoms with E-state index in [4.69, 9.17) is 9.47 Å². The van der Waals surface area contributed by atoms with Crippen LogP contribution in [0, 0.1) is 0 Å². The van der Waals surface area contributed by atoms with E-state index in [1.165, 1.54) is 17.7 Å². The fourth-order valence-corrected chi connectivity index (χ4v) is 5.02. The van der Waals surface area contributed by atoms with E-state index in [0.717, 1.165) is 24.0 Å². The molecule has 0 radical (unpaired) electrons. The van der Waals surface area contributed by atoms with Crippen LogP contribution in [0.4, 0.5) is 0 Å². The number of benzene rings is 2. The van der Waals surface area contributed by atoms with E-state index in [1.54, 1.807) is 19.2 Å². The third-order valence-electron chi connectivity index (χ3n) is 5.93. The Hall–Kier alpha value is -2.38. The molecule has 29 heavy (non-hydrogen) atoms. The maximum absolute atomic E-state index is 12.9. The molecule has 0 saturated carbocycles. The highest BCUT2D eigenvalue weighted by Crippen LogP contribution is 2.45. The van der Waals surface area contributed by atoms with Crippen molar-refractivity contribution in [3.63, 3.8) is 0 Å². The van der Waals surface area contributed by atoms with E-state index in [1.807, 2.05) is 17.0 Å². The van der Waals surface area contributed by atoms with Gasteiger partial charge in [0.15, 0.2) is 9.84 Å². The summed E-state index contributed by atoms with van der Waals surface area (Å²) >= 11 is 0. The molecular weight excluding hydrogens is 390 g/mol. The molecule has 1 amide bonds. The molecule has 1 spiro atoms. The predicted molar refractivity (Wildman–Crippen MR) is 109 cm³/mol. The lowest BCUT2D eigenvalue weighted by atomic mass is 9.78. The molecule has 6 nitrogen and oxygen atoms in total. The quantitative estimate of drug-likeness (QED) is 0.771. The number of likely N-dealkylation sites (tertiary alicyclic amines) is 1. The molecule has 1 fully saturated rings. The smallest absolute Gasteiger partial charge is 0.253 e. The van der Waals surface area contributed by atoms with Crippen LogP contribution in [0.1, 0.15) is 34.3 Å². The second-order valence-corrected chi connectivity index (χ2v) is 9.69. The van der Waals surface area contributed by atoms with Crippen molar-refractivity contribution in [2.24, 2.45) is 0 Å². The molecule has 2 heterocycles. The van der Waals surface area contributed by atoms with Gasteiger partial charge in [-0.3, -0.25) is 4.79 Å². The Labute approximate surface area is 171 Å². The third kappa shape index (κ3) is 3.65. The average Bonchev–Trinajstić information content (AvgIpc) is 2.73. The number of piperidine rings is 1. The van der Waals surface area contributed by atoms with Gasteiger partial charge in [0.1, 0.15) is 11.4 Å². The Morgan fingerprint density at radius 2 is 1.79 bits per heavy atom. The topological polar surface area (TPSA) is 72.9 Å². The fourth-order valence-electron chi connectivity index (χ4n) is 4.39. The molecule has 7 heteroatoms. The van der Waals surface area contributed by atoms with Gasteiger partial charge < -0.3 is 14.4 Å². The molecule has 0 N–H and O–H groups in total. The van der Waals surface area contributed by atoms with Gasteiger partial charge in [-0.05, 0) is 55.2 Å². The molecule has 2 aromatic rings. The van der Waals surface area contributed by atoms with Crippen LogP contribution in [0.25, 0.3) is 0 Å². The summed E-state index contributed by atoms with van der Waals surface area (Å²) < 4.78 is 35.1. The summed E-state index contributed by atoms with van der Waals surface area (Å²) in [6, 6.07) is 12.2. The summed E-state index contributed by atoms with van der Waals surface area (Å²) in [4.78, 5) is 14.9. The molecule has 0 aromatic heterocycles. The first-order valence-electron chi connectivity index (χ1n) is 9.74. The molecular formula is C22H25NO5S. The number of amides is 1. The number of hydrogen-bond donors (Lipinski definition) is 0. The van der Waals surface area contributed by atoms with Gasteiger partial charge in [-0.2, -0.15) is 0 Å². The Balaban J connectivity index is 1.53. The van der Waals surface area contributed by atoms with Crippen molar-refractivity contribution in [1.29, 1.82) is 0 Å². The van der Waals surface area contributed by atoms with Crippen molar-refractivity contribution in [3.8, 4) is 5.75 Å². The zero-order valence-electron chi connectivity index (χ0n) is 16.7. The third-order valence-corrected chi connectivity index (χ3v) is 7.05. The van der Waals surface area contributed by atoms with Crippen LogP contribution >= 0.6 is 0 Å². The second-order valence-electron chi connectivity index (χ2n) is 7.68. The van der Waals surface area contributed by atoms with E-state index in [0.29, 0.717) is 38.1 Å². The molecule has 154 valence electrons. The van der Waals surface area contributed by atoms with Gasteiger partial charge in [-0.15, -0.1) is 0 Å². The first-order chi connectivity index (χ1) is 13.8. The number of fused-ring (bicyclic) bond motifs is 2. The number of sulfone groups is 1. The van der Waals surface area contributed by atoms with Gasteiger partial charge in [-0.1, -0.05) is 12.1 Å². The van der Waals surface area contributed by atoms with Crippen molar-refractivity contribution < 1.29 is 22.7 Å². The zero-order chi connectivity index (χ0) is 20.6. The standard InChI is InChI=1S/C22H25NO5S/c1-27-19-5-3-4-16-10-15-28-22(20(16)19)11-13-23(14-12-22)21(24)17-6-8-18(9-7-17)29(2,25)26/h3-9H,10-15H2,1-2H3. The van der Waals surface area contributed by atoms with Gasteiger partial charge in [0.05, 0.1) is 18.6 Å². The van der Waals surface area contributed by atoms with Crippen LogP contribution in [0.3, 0.4) is 0 Å². The number of methoxy groups -OCH3 is 1. The monoisotopic (exact) mass is 415 g/mol. The van der Waals surface area contributed by atoms with Crippen LogP contribution in [-0.4, -0.2) is 52.3 Å². The molecule has 2 aliphatic heterocycles. The largest absolute Gasteiger partial charge is 0.496 e. The van der Waals surface area contributed by atoms with E-state index < -0.39 is 15.4 Å².